The van der Waals surface area contributed by atoms with Gasteiger partial charge in [-0.15, -0.1) is 0 Å². The molecular formula is C35H27F3N4O3. The highest BCUT2D eigenvalue weighted by Crippen LogP contribution is 2.41. The number of allylic oxidation sites excluding steroid dienone is 5. The van der Waals surface area contributed by atoms with Gasteiger partial charge in [0, 0.05) is 24.0 Å². The third kappa shape index (κ3) is 5.80. The van der Waals surface area contributed by atoms with E-state index in [1.54, 1.807) is 61.6 Å². The number of halogens is 3. The molecule has 0 radical (unpaired) electrons. The van der Waals surface area contributed by atoms with Gasteiger partial charge in [-0.1, -0.05) is 91.9 Å². The molecule has 0 atom stereocenters. The topological polar surface area (TPSA) is 87.8 Å². The second kappa shape index (κ2) is 12.0. The maximum Gasteiger partial charge on any atom is 0.418 e. The SMILES string of the molecule is CCC(=O)N=C1C=CC(=C2c3cccc(C(F)(F)F)c3-n3c(nc(Cc4ccccc4)c(-c4ccccc4)c3=O)CN2O)C=C1. The molecule has 10 heteroatoms. The van der Waals surface area contributed by atoms with Crippen LogP contribution < -0.4 is 5.56 Å². The van der Waals surface area contributed by atoms with Crippen LogP contribution >= 0.6 is 0 Å². The van der Waals surface area contributed by atoms with E-state index in [0.717, 1.165) is 21.3 Å². The lowest BCUT2D eigenvalue weighted by Gasteiger charge is -2.22. The molecule has 2 aliphatic rings. The predicted molar refractivity (Wildman–Crippen MR) is 165 cm³/mol. The summed E-state index contributed by atoms with van der Waals surface area (Å²) >= 11 is 0. The van der Waals surface area contributed by atoms with Gasteiger partial charge < -0.3 is 0 Å². The van der Waals surface area contributed by atoms with Crippen molar-refractivity contribution in [3.8, 4) is 16.8 Å². The summed E-state index contributed by atoms with van der Waals surface area (Å²) < 4.78 is 45.1. The highest BCUT2D eigenvalue weighted by Gasteiger charge is 2.39. The summed E-state index contributed by atoms with van der Waals surface area (Å²) in [6.07, 6.45) is 1.84. The predicted octanol–water partition coefficient (Wildman–Crippen LogP) is 6.93. The maximum absolute atomic E-state index is 14.7. The molecule has 4 aromatic rings. The lowest BCUT2D eigenvalue weighted by molar-refractivity contribution is -0.137. The minimum atomic E-state index is -4.84. The van der Waals surface area contributed by atoms with Crippen molar-refractivity contribution in [3.63, 3.8) is 0 Å². The number of nitrogens with zero attached hydrogens (tertiary/aromatic N) is 4. The van der Waals surface area contributed by atoms with Crippen LogP contribution in [0.5, 0.6) is 0 Å². The number of fused-ring (bicyclic) bond motifs is 3. The van der Waals surface area contributed by atoms with Crippen molar-refractivity contribution in [2.75, 3.05) is 0 Å². The molecule has 2 heterocycles. The molecule has 3 aromatic carbocycles. The Balaban J connectivity index is 1.65. The van der Waals surface area contributed by atoms with Gasteiger partial charge >= 0.3 is 6.18 Å². The zero-order valence-electron chi connectivity index (χ0n) is 24.1. The van der Waals surface area contributed by atoms with Gasteiger partial charge in [-0.3, -0.25) is 19.4 Å². The average Bonchev–Trinajstić information content (AvgIpc) is 3.15. The molecule has 1 aliphatic carbocycles. The van der Waals surface area contributed by atoms with Crippen LogP contribution in [0.1, 0.15) is 41.6 Å². The van der Waals surface area contributed by atoms with E-state index in [2.05, 4.69) is 4.99 Å². The zero-order chi connectivity index (χ0) is 31.7. The molecule has 0 spiro atoms. The second-order valence-electron chi connectivity index (χ2n) is 10.5. The number of para-hydroxylation sites is 1. The Kier molecular flexibility index (Phi) is 7.90. The first-order valence-corrected chi connectivity index (χ1v) is 14.3. The monoisotopic (exact) mass is 608 g/mol. The number of hydroxylamine groups is 2. The summed E-state index contributed by atoms with van der Waals surface area (Å²) in [5, 5.41) is 12.3. The van der Waals surface area contributed by atoms with E-state index in [-0.39, 0.29) is 47.9 Å². The van der Waals surface area contributed by atoms with Crippen LogP contribution in [0.15, 0.2) is 119 Å². The summed E-state index contributed by atoms with van der Waals surface area (Å²) in [4.78, 5) is 35.2. The lowest BCUT2D eigenvalue weighted by Crippen LogP contribution is -2.30. The first kappa shape index (κ1) is 29.7. The van der Waals surface area contributed by atoms with Crippen molar-refractivity contribution in [1.82, 2.24) is 14.6 Å². The van der Waals surface area contributed by atoms with E-state index < -0.39 is 23.0 Å². The van der Waals surface area contributed by atoms with Crippen molar-refractivity contribution in [2.45, 2.75) is 32.5 Å². The smallest absolute Gasteiger partial charge is 0.288 e. The standard InChI is InChI=1S/C35H27F3N4O3/c1-2-30(43)39-25-18-16-24(17-19-25)32-26-14-9-15-27(35(36,37)38)33(26)42-29(21-41(32)45)40-28(20-22-10-5-3-6-11-22)31(34(42)44)23-12-7-4-8-13-23/h3-19,45H,2,20-21H2,1H3. The molecule has 1 amide bonds. The van der Waals surface area contributed by atoms with Crippen molar-refractivity contribution in [1.29, 1.82) is 0 Å². The molecular weight excluding hydrogens is 581 g/mol. The molecule has 0 saturated carbocycles. The van der Waals surface area contributed by atoms with Crippen LogP contribution in [-0.2, 0) is 23.9 Å². The fraction of sp³-hybridized carbons (Fsp3) is 0.143. The molecule has 1 aliphatic heterocycles. The summed E-state index contributed by atoms with van der Waals surface area (Å²) in [6, 6.07) is 21.6. The van der Waals surface area contributed by atoms with Crippen molar-refractivity contribution >= 4 is 17.3 Å². The zero-order valence-corrected chi connectivity index (χ0v) is 24.1. The summed E-state index contributed by atoms with van der Waals surface area (Å²) in [5.74, 6) is -0.378. The van der Waals surface area contributed by atoms with Gasteiger partial charge in [0.25, 0.3) is 5.56 Å². The van der Waals surface area contributed by atoms with Crippen LogP contribution in [0.4, 0.5) is 13.2 Å². The number of aliphatic imine (C=N–C) groups is 1. The van der Waals surface area contributed by atoms with E-state index in [1.165, 1.54) is 12.1 Å². The largest absolute Gasteiger partial charge is 0.418 e. The van der Waals surface area contributed by atoms with Crippen molar-refractivity contribution in [2.24, 2.45) is 4.99 Å². The Morgan fingerprint density at radius 1 is 0.933 bits per heavy atom. The van der Waals surface area contributed by atoms with Crippen molar-refractivity contribution < 1.29 is 23.2 Å². The molecule has 6 rings (SSSR count). The number of carbonyl (C=O) groups is 1. The van der Waals surface area contributed by atoms with Crippen LogP contribution in [0, 0.1) is 0 Å². The third-order valence-electron chi connectivity index (χ3n) is 7.57. The van der Waals surface area contributed by atoms with E-state index in [0.29, 0.717) is 22.5 Å². The molecule has 0 bridgehead atoms. The Bertz CT molecular complexity index is 1960. The van der Waals surface area contributed by atoms with E-state index >= 15 is 0 Å². The van der Waals surface area contributed by atoms with Crippen LogP contribution in [0.3, 0.4) is 0 Å². The van der Waals surface area contributed by atoms with Crippen LogP contribution in [0.2, 0.25) is 0 Å². The quantitative estimate of drug-likeness (QED) is 0.272. The number of aromatic nitrogens is 2. The van der Waals surface area contributed by atoms with E-state index in [4.69, 9.17) is 4.98 Å². The number of hydrogen-bond donors (Lipinski definition) is 1. The molecule has 7 nitrogen and oxygen atoms in total. The van der Waals surface area contributed by atoms with E-state index in [1.807, 2.05) is 30.3 Å². The van der Waals surface area contributed by atoms with Gasteiger partial charge in [-0.25, -0.2) is 15.0 Å². The Hall–Kier alpha value is -5.35. The summed E-state index contributed by atoms with van der Waals surface area (Å²) in [7, 11) is 0. The number of amides is 1. The van der Waals surface area contributed by atoms with Crippen LogP contribution in [0.25, 0.3) is 22.5 Å². The normalized spacial score (nSPS) is 14.2. The van der Waals surface area contributed by atoms with Gasteiger partial charge in [0.2, 0.25) is 5.91 Å². The van der Waals surface area contributed by atoms with Gasteiger partial charge in [0.05, 0.1) is 33.9 Å². The van der Waals surface area contributed by atoms with Gasteiger partial charge in [-0.05, 0) is 29.3 Å². The minimum absolute atomic E-state index is 0.0147. The highest BCUT2D eigenvalue weighted by atomic mass is 19.4. The number of benzene rings is 3. The molecule has 1 aromatic heterocycles. The Morgan fingerprint density at radius 2 is 1.60 bits per heavy atom. The Labute approximate surface area is 256 Å². The van der Waals surface area contributed by atoms with Gasteiger partial charge in [0.15, 0.2) is 0 Å². The maximum atomic E-state index is 14.7. The molecule has 0 saturated heterocycles. The highest BCUT2D eigenvalue weighted by molar-refractivity contribution is 6.11. The molecule has 45 heavy (non-hydrogen) atoms. The van der Waals surface area contributed by atoms with E-state index in [9.17, 15) is 28.0 Å². The number of hydrogen-bond acceptors (Lipinski definition) is 5. The molecule has 0 unspecified atom stereocenters. The lowest BCUT2D eigenvalue weighted by atomic mass is 9.97. The Morgan fingerprint density at radius 3 is 2.24 bits per heavy atom. The summed E-state index contributed by atoms with van der Waals surface area (Å²) in [5.41, 5.74) is 0.507. The summed E-state index contributed by atoms with van der Waals surface area (Å²) in [6.45, 7) is 1.30. The fourth-order valence-electron chi connectivity index (χ4n) is 5.54. The first-order chi connectivity index (χ1) is 21.7. The number of rotatable bonds is 4. The third-order valence-corrected chi connectivity index (χ3v) is 7.57. The average molecular weight is 609 g/mol. The molecule has 1 N–H and O–H groups in total. The van der Waals surface area contributed by atoms with Crippen molar-refractivity contribution in [3.05, 3.63) is 147 Å². The number of carbonyl (C=O) groups excluding carboxylic acids is 1. The second-order valence-corrected chi connectivity index (χ2v) is 10.5. The molecule has 226 valence electrons. The minimum Gasteiger partial charge on any atom is -0.288 e. The van der Waals surface area contributed by atoms with Gasteiger partial charge in [-0.2, -0.15) is 13.2 Å². The van der Waals surface area contributed by atoms with Gasteiger partial charge in [0.1, 0.15) is 12.4 Å². The van der Waals surface area contributed by atoms with Crippen LogP contribution in [-0.4, -0.2) is 31.4 Å². The first-order valence-electron chi connectivity index (χ1n) is 14.3. The fourth-order valence-corrected chi connectivity index (χ4v) is 5.54. The number of alkyl halides is 3. The molecule has 0 fully saturated rings.